The summed E-state index contributed by atoms with van der Waals surface area (Å²) in [7, 11) is 0. The molecule has 1 aromatic carbocycles. The summed E-state index contributed by atoms with van der Waals surface area (Å²) in [6.45, 7) is 6.34. The molecule has 4 amide bonds. The van der Waals surface area contributed by atoms with Crippen LogP contribution in [0.25, 0.3) is 0 Å². The van der Waals surface area contributed by atoms with Crippen molar-refractivity contribution >= 4 is 17.8 Å². The van der Waals surface area contributed by atoms with Gasteiger partial charge in [0.05, 0.1) is 0 Å². The minimum atomic E-state index is -1.13. The van der Waals surface area contributed by atoms with Crippen LogP contribution < -0.4 is 5.32 Å². The van der Waals surface area contributed by atoms with Crippen molar-refractivity contribution in [1.29, 1.82) is 0 Å². The van der Waals surface area contributed by atoms with Gasteiger partial charge in [0.15, 0.2) is 0 Å². The van der Waals surface area contributed by atoms with Gasteiger partial charge in [-0.15, -0.1) is 0 Å². The van der Waals surface area contributed by atoms with Gasteiger partial charge in [0.25, 0.3) is 5.91 Å². The average molecular weight is 371 g/mol. The molecule has 6 nitrogen and oxygen atoms in total. The number of carbonyl (C=O) groups is 3. The summed E-state index contributed by atoms with van der Waals surface area (Å²) in [5.74, 6) is -0.526. The van der Waals surface area contributed by atoms with Crippen LogP contribution in [0.2, 0.25) is 0 Å². The third-order valence-corrected chi connectivity index (χ3v) is 5.76. The van der Waals surface area contributed by atoms with Gasteiger partial charge >= 0.3 is 6.03 Å². The molecular weight excluding hydrogens is 342 g/mol. The Morgan fingerprint density at radius 3 is 2.56 bits per heavy atom. The molecule has 0 spiro atoms. The first kappa shape index (κ1) is 19.4. The van der Waals surface area contributed by atoms with E-state index in [4.69, 9.17) is 0 Å². The molecule has 3 rings (SSSR count). The number of benzene rings is 1. The molecule has 0 bridgehead atoms. The topological polar surface area (TPSA) is 69.7 Å². The second-order valence-corrected chi connectivity index (χ2v) is 7.83. The van der Waals surface area contributed by atoms with E-state index in [0.717, 1.165) is 42.6 Å². The van der Waals surface area contributed by atoms with Crippen LogP contribution in [0.1, 0.15) is 57.6 Å². The SMILES string of the molecule is CCCc1ccc(C2(C)NC(=O)N(CC(=O)N3CCCCC3C)C2=O)cc1. The minimum absolute atomic E-state index is 0.157. The Morgan fingerprint density at radius 2 is 1.93 bits per heavy atom. The maximum Gasteiger partial charge on any atom is 0.325 e. The summed E-state index contributed by atoms with van der Waals surface area (Å²) < 4.78 is 0. The Labute approximate surface area is 160 Å². The fourth-order valence-electron chi connectivity index (χ4n) is 4.02. The summed E-state index contributed by atoms with van der Waals surface area (Å²) in [5.41, 5.74) is 0.810. The molecule has 2 atom stereocenters. The van der Waals surface area contributed by atoms with Gasteiger partial charge in [0.2, 0.25) is 5.91 Å². The molecule has 2 heterocycles. The van der Waals surface area contributed by atoms with Crippen LogP contribution in [0.15, 0.2) is 24.3 Å². The third kappa shape index (κ3) is 3.70. The van der Waals surface area contributed by atoms with Gasteiger partial charge in [0, 0.05) is 12.6 Å². The number of nitrogens with zero attached hydrogens (tertiary/aromatic N) is 2. The number of nitrogens with one attached hydrogen (secondary N) is 1. The van der Waals surface area contributed by atoms with Gasteiger partial charge in [0.1, 0.15) is 12.1 Å². The zero-order valence-electron chi connectivity index (χ0n) is 16.5. The van der Waals surface area contributed by atoms with Gasteiger partial charge in [-0.05, 0) is 50.7 Å². The number of carbonyl (C=O) groups excluding carboxylic acids is 3. The number of aryl methyl sites for hydroxylation is 1. The van der Waals surface area contributed by atoms with Crippen molar-refractivity contribution in [1.82, 2.24) is 15.1 Å². The maximum absolute atomic E-state index is 13.0. The fraction of sp³-hybridized carbons (Fsp3) is 0.571. The number of piperidine rings is 1. The molecule has 2 saturated heterocycles. The van der Waals surface area contributed by atoms with E-state index in [0.29, 0.717) is 6.54 Å². The molecule has 1 aromatic rings. The molecule has 2 aliphatic rings. The van der Waals surface area contributed by atoms with E-state index in [9.17, 15) is 14.4 Å². The van der Waals surface area contributed by atoms with Crippen molar-refractivity contribution in [2.24, 2.45) is 0 Å². The Kier molecular flexibility index (Phi) is 5.53. The van der Waals surface area contributed by atoms with Crippen LogP contribution in [0, 0.1) is 0 Å². The lowest BCUT2D eigenvalue weighted by molar-refractivity contribution is -0.140. The molecule has 0 aliphatic carbocycles. The first-order valence-electron chi connectivity index (χ1n) is 9.90. The lowest BCUT2D eigenvalue weighted by Crippen LogP contribution is -2.48. The van der Waals surface area contributed by atoms with E-state index in [1.165, 1.54) is 5.56 Å². The minimum Gasteiger partial charge on any atom is -0.338 e. The second-order valence-electron chi connectivity index (χ2n) is 7.83. The van der Waals surface area contributed by atoms with E-state index in [1.54, 1.807) is 11.8 Å². The second kappa shape index (κ2) is 7.71. The van der Waals surface area contributed by atoms with Crippen LogP contribution in [0.3, 0.4) is 0 Å². The van der Waals surface area contributed by atoms with Crippen LogP contribution >= 0.6 is 0 Å². The molecule has 27 heavy (non-hydrogen) atoms. The lowest BCUT2D eigenvalue weighted by Gasteiger charge is -2.34. The first-order chi connectivity index (χ1) is 12.9. The van der Waals surface area contributed by atoms with E-state index in [1.807, 2.05) is 31.2 Å². The highest BCUT2D eigenvalue weighted by atomic mass is 16.2. The molecule has 0 saturated carbocycles. The number of amides is 4. The summed E-state index contributed by atoms with van der Waals surface area (Å²) in [6, 6.07) is 7.42. The Morgan fingerprint density at radius 1 is 1.22 bits per heavy atom. The molecule has 2 fully saturated rings. The highest BCUT2D eigenvalue weighted by molar-refractivity contribution is 6.09. The normalized spacial score (nSPS) is 25.7. The highest BCUT2D eigenvalue weighted by Crippen LogP contribution is 2.29. The molecule has 0 radical (unpaired) electrons. The van der Waals surface area contributed by atoms with E-state index >= 15 is 0 Å². The number of hydrogen-bond acceptors (Lipinski definition) is 3. The van der Waals surface area contributed by atoms with Gasteiger partial charge in [-0.1, -0.05) is 37.6 Å². The van der Waals surface area contributed by atoms with Gasteiger partial charge < -0.3 is 10.2 Å². The van der Waals surface area contributed by atoms with Crippen molar-refractivity contribution in [2.45, 2.75) is 64.5 Å². The van der Waals surface area contributed by atoms with Gasteiger partial charge in [-0.3, -0.25) is 14.5 Å². The smallest absolute Gasteiger partial charge is 0.325 e. The van der Waals surface area contributed by atoms with Gasteiger partial charge in [-0.25, -0.2) is 4.79 Å². The molecule has 2 unspecified atom stereocenters. The predicted molar refractivity (Wildman–Crippen MR) is 103 cm³/mol. The monoisotopic (exact) mass is 371 g/mol. The summed E-state index contributed by atoms with van der Waals surface area (Å²) >= 11 is 0. The quantitative estimate of drug-likeness (QED) is 0.809. The maximum atomic E-state index is 13.0. The molecular formula is C21H29N3O3. The standard InChI is InChI=1S/C21H29N3O3/c1-4-7-16-9-11-17(12-10-16)21(3)19(26)24(20(27)22-21)14-18(25)23-13-6-5-8-15(23)2/h9-12,15H,4-8,13-14H2,1-3H3,(H,22,27). The van der Waals surface area contributed by atoms with Gasteiger partial charge in [-0.2, -0.15) is 0 Å². The van der Waals surface area contributed by atoms with Crippen LogP contribution in [0.5, 0.6) is 0 Å². The molecule has 1 N–H and O–H groups in total. The van der Waals surface area contributed by atoms with Crippen molar-refractivity contribution in [2.75, 3.05) is 13.1 Å². The molecule has 0 aromatic heterocycles. The van der Waals surface area contributed by atoms with Crippen LogP contribution in [-0.4, -0.2) is 46.8 Å². The van der Waals surface area contributed by atoms with Crippen LogP contribution in [-0.2, 0) is 21.5 Å². The van der Waals surface area contributed by atoms with Crippen molar-refractivity contribution in [3.8, 4) is 0 Å². The highest BCUT2D eigenvalue weighted by Gasteiger charge is 2.49. The third-order valence-electron chi connectivity index (χ3n) is 5.76. The number of likely N-dealkylation sites (tertiary alicyclic amines) is 1. The summed E-state index contributed by atoms with van der Waals surface area (Å²) in [4.78, 5) is 41.0. The summed E-state index contributed by atoms with van der Waals surface area (Å²) in [5, 5.41) is 2.78. The van der Waals surface area contributed by atoms with Crippen molar-refractivity contribution in [3.05, 3.63) is 35.4 Å². The van der Waals surface area contributed by atoms with Crippen LogP contribution in [0.4, 0.5) is 4.79 Å². The predicted octanol–water partition coefficient (Wildman–Crippen LogP) is 2.81. The van der Waals surface area contributed by atoms with E-state index in [-0.39, 0.29) is 24.4 Å². The number of urea groups is 1. The van der Waals surface area contributed by atoms with E-state index in [2.05, 4.69) is 12.2 Å². The van der Waals surface area contributed by atoms with E-state index < -0.39 is 11.6 Å². The Hall–Kier alpha value is -2.37. The number of rotatable bonds is 5. The Bertz CT molecular complexity index is 731. The first-order valence-corrected chi connectivity index (χ1v) is 9.90. The zero-order chi connectivity index (χ0) is 19.6. The zero-order valence-corrected chi connectivity index (χ0v) is 16.5. The fourth-order valence-corrected chi connectivity index (χ4v) is 4.02. The number of hydrogen-bond donors (Lipinski definition) is 1. The Balaban J connectivity index is 1.74. The lowest BCUT2D eigenvalue weighted by atomic mass is 9.91. The average Bonchev–Trinajstić information content (AvgIpc) is 2.87. The molecule has 2 aliphatic heterocycles. The van der Waals surface area contributed by atoms with Crippen molar-refractivity contribution < 1.29 is 14.4 Å². The van der Waals surface area contributed by atoms with Crippen molar-refractivity contribution in [3.63, 3.8) is 0 Å². The largest absolute Gasteiger partial charge is 0.338 e. The molecule has 146 valence electrons. The number of imide groups is 1. The molecule has 6 heteroatoms. The summed E-state index contributed by atoms with van der Waals surface area (Å²) in [6.07, 6.45) is 5.08.